The smallest absolute Gasteiger partial charge is 0.303 e. The summed E-state index contributed by atoms with van der Waals surface area (Å²) >= 11 is 5.96. The maximum Gasteiger partial charge on any atom is 0.303 e. The Labute approximate surface area is 168 Å². The number of nitrogens with zero attached hydrogens (tertiary/aromatic N) is 2. The highest BCUT2D eigenvalue weighted by Gasteiger charge is 2.27. The number of hydrogen-bond donors (Lipinski definition) is 1. The molecule has 7 heteroatoms. The van der Waals surface area contributed by atoms with Crippen LogP contribution in [0.1, 0.15) is 30.9 Å². The summed E-state index contributed by atoms with van der Waals surface area (Å²) in [6.45, 7) is 3.86. The van der Waals surface area contributed by atoms with E-state index in [-0.39, 0.29) is 24.8 Å². The average molecular weight is 405 g/mol. The Morgan fingerprint density at radius 2 is 2.00 bits per heavy atom. The van der Waals surface area contributed by atoms with E-state index in [9.17, 15) is 9.18 Å². The summed E-state index contributed by atoms with van der Waals surface area (Å²) in [4.78, 5) is 10.7. The lowest BCUT2D eigenvalue weighted by atomic mass is 10.0. The monoisotopic (exact) mass is 404 g/mol. The molecule has 0 aliphatic carbocycles. The first-order valence-electron chi connectivity index (χ1n) is 9.06. The summed E-state index contributed by atoms with van der Waals surface area (Å²) < 4.78 is 20.4. The van der Waals surface area contributed by atoms with Crippen LogP contribution in [-0.4, -0.2) is 29.4 Å². The van der Waals surface area contributed by atoms with Crippen LogP contribution in [0.4, 0.5) is 10.1 Å². The fourth-order valence-corrected chi connectivity index (χ4v) is 3.36. The molecule has 5 nitrogen and oxygen atoms in total. The van der Waals surface area contributed by atoms with Crippen LogP contribution in [0.15, 0.2) is 41.5 Å². The van der Waals surface area contributed by atoms with Gasteiger partial charge in [0.2, 0.25) is 0 Å². The number of hydrazone groups is 1. The second-order valence-electron chi connectivity index (χ2n) is 6.88. The average Bonchev–Trinajstić information content (AvgIpc) is 3.03. The maximum absolute atomic E-state index is 14.7. The Balaban J connectivity index is 1.70. The lowest BCUT2D eigenvalue weighted by Gasteiger charge is -2.24. The first-order chi connectivity index (χ1) is 13.3. The lowest BCUT2D eigenvalue weighted by molar-refractivity contribution is -0.136. The number of carboxylic acids is 1. The highest BCUT2D eigenvalue weighted by molar-refractivity contribution is 6.30. The molecule has 1 heterocycles. The highest BCUT2D eigenvalue weighted by atomic mass is 35.5. The van der Waals surface area contributed by atoms with Gasteiger partial charge in [0, 0.05) is 23.6 Å². The van der Waals surface area contributed by atoms with E-state index in [2.05, 4.69) is 5.10 Å². The third-order valence-electron chi connectivity index (χ3n) is 4.75. The molecule has 0 spiro atoms. The summed E-state index contributed by atoms with van der Waals surface area (Å²) in [5.74, 6) is -1.19. The standard InChI is InChI=1S/C21H22ClFN2O3/c1-13-11-18(25(24-13)17-7-5-16(22)6-8-17)12-28-19-9-3-15(4-10-20(26)27)14(2)21(19)23/h3,5-9,18H,4,10-12H2,1-2H3,(H,26,27). The van der Waals surface area contributed by atoms with Crippen molar-refractivity contribution in [2.75, 3.05) is 11.6 Å². The molecule has 3 rings (SSSR count). The molecule has 1 aliphatic heterocycles. The zero-order valence-electron chi connectivity index (χ0n) is 15.8. The number of aliphatic carboxylic acids is 1. The number of halogens is 2. The van der Waals surface area contributed by atoms with Crippen molar-refractivity contribution >= 4 is 29.0 Å². The van der Waals surface area contributed by atoms with Gasteiger partial charge in [0.1, 0.15) is 6.61 Å². The van der Waals surface area contributed by atoms with Crippen molar-refractivity contribution in [3.63, 3.8) is 0 Å². The second kappa shape index (κ2) is 8.61. The van der Waals surface area contributed by atoms with Crippen LogP contribution < -0.4 is 9.75 Å². The molecule has 0 amide bonds. The van der Waals surface area contributed by atoms with Crippen molar-refractivity contribution in [3.05, 3.63) is 58.4 Å². The summed E-state index contributed by atoms with van der Waals surface area (Å²) in [7, 11) is 0. The number of ether oxygens (including phenoxy) is 1. The minimum Gasteiger partial charge on any atom is -0.488 e. The van der Waals surface area contributed by atoms with E-state index in [0.29, 0.717) is 22.6 Å². The molecule has 1 N–H and O–H groups in total. The van der Waals surface area contributed by atoms with Crippen molar-refractivity contribution in [1.82, 2.24) is 0 Å². The van der Waals surface area contributed by atoms with Crippen LogP contribution in [0, 0.1) is 12.7 Å². The third-order valence-corrected chi connectivity index (χ3v) is 5.00. The number of hydrogen-bond acceptors (Lipinski definition) is 4. The van der Waals surface area contributed by atoms with Gasteiger partial charge < -0.3 is 9.84 Å². The number of aryl methyl sites for hydroxylation is 1. The van der Waals surface area contributed by atoms with Crippen LogP contribution in [0.5, 0.6) is 5.75 Å². The number of anilines is 1. The van der Waals surface area contributed by atoms with Crippen LogP contribution in [0.25, 0.3) is 0 Å². The molecular formula is C21H22ClFN2O3. The largest absolute Gasteiger partial charge is 0.488 e. The minimum atomic E-state index is -0.904. The van der Waals surface area contributed by atoms with Crippen molar-refractivity contribution in [2.45, 2.75) is 39.2 Å². The number of rotatable bonds is 7. The predicted molar refractivity (Wildman–Crippen MR) is 108 cm³/mol. The van der Waals surface area contributed by atoms with Gasteiger partial charge in [-0.15, -0.1) is 0 Å². The van der Waals surface area contributed by atoms with E-state index < -0.39 is 11.8 Å². The Hall–Kier alpha value is -2.60. The molecule has 1 aliphatic rings. The van der Waals surface area contributed by atoms with Crippen LogP contribution in [0.3, 0.4) is 0 Å². The Morgan fingerprint density at radius 1 is 1.29 bits per heavy atom. The Morgan fingerprint density at radius 3 is 2.68 bits per heavy atom. The molecule has 0 radical (unpaired) electrons. The molecule has 148 valence electrons. The molecule has 1 unspecified atom stereocenters. The van der Waals surface area contributed by atoms with Gasteiger partial charge in [-0.1, -0.05) is 17.7 Å². The fraction of sp³-hybridized carbons (Fsp3) is 0.333. The van der Waals surface area contributed by atoms with E-state index in [1.54, 1.807) is 31.2 Å². The van der Waals surface area contributed by atoms with E-state index in [0.717, 1.165) is 17.8 Å². The molecule has 0 aromatic heterocycles. The van der Waals surface area contributed by atoms with Gasteiger partial charge in [-0.25, -0.2) is 4.39 Å². The van der Waals surface area contributed by atoms with Gasteiger partial charge in [0.25, 0.3) is 0 Å². The first kappa shape index (κ1) is 20.1. The quantitative estimate of drug-likeness (QED) is 0.717. The summed E-state index contributed by atoms with van der Waals surface area (Å²) in [6, 6.07) is 10.6. The van der Waals surface area contributed by atoms with E-state index >= 15 is 0 Å². The van der Waals surface area contributed by atoms with Crippen molar-refractivity contribution in [2.24, 2.45) is 5.10 Å². The highest BCUT2D eigenvalue weighted by Crippen LogP contribution is 2.28. The van der Waals surface area contributed by atoms with Gasteiger partial charge in [0.05, 0.1) is 11.7 Å². The zero-order valence-corrected chi connectivity index (χ0v) is 16.5. The SMILES string of the molecule is CC1=NN(c2ccc(Cl)cc2)C(COc2ccc(CCC(=O)O)c(C)c2F)C1. The zero-order chi connectivity index (χ0) is 20.3. The molecular weight excluding hydrogens is 383 g/mol. The molecule has 0 saturated heterocycles. The maximum atomic E-state index is 14.7. The normalized spacial score (nSPS) is 16.2. The van der Waals surface area contributed by atoms with Crippen LogP contribution >= 0.6 is 11.6 Å². The van der Waals surface area contributed by atoms with Gasteiger partial charge in [-0.2, -0.15) is 5.10 Å². The molecule has 0 saturated carbocycles. The predicted octanol–water partition coefficient (Wildman–Crippen LogP) is 4.84. The Bertz CT molecular complexity index is 899. The van der Waals surface area contributed by atoms with E-state index in [4.69, 9.17) is 21.4 Å². The molecule has 1 atom stereocenters. The van der Waals surface area contributed by atoms with Crippen molar-refractivity contribution in [1.29, 1.82) is 0 Å². The summed E-state index contributed by atoms with van der Waals surface area (Å²) in [6.07, 6.45) is 0.980. The van der Waals surface area contributed by atoms with Crippen molar-refractivity contribution in [3.8, 4) is 5.75 Å². The number of carboxylic acid groups (broad SMARTS) is 1. The molecule has 0 fully saturated rings. The molecule has 0 bridgehead atoms. The fourth-order valence-electron chi connectivity index (χ4n) is 3.24. The van der Waals surface area contributed by atoms with Gasteiger partial charge in [-0.05, 0) is 61.7 Å². The van der Waals surface area contributed by atoms with Gasteiger partial charge >= 0.3 is 5.97 Å². The van der Waals surface area contributed by atoms with Gasteiger partial charge in [-0.3, -0.25) is 9.80 Å². The van der Waals surface area contributed by atoms with Gasteiger partial charge in [0.15, 0.2) is 11.6 Å². The topological polar surface area (TPSA) is 62.1 Å². The first-order valence-corrected chi connectivity index (χ1v) is 9.44. The molecule has 2 aromatic carbocycles. The van der Waals surface area contributed by atoms with Crippen LogP contribution in [0.2, 0.25) is 5.02 Å². The van der Waals surface area contributed by atoms with E-state index in [1.807, 2.05) is 24.1 Å². The lowest BCUT2D eigenvalue weighted by Crippen LogP contribution is -2.32. The summed E-state index contributed by atoms with van der Waals surface area (Å²) in [5.41, 5.74) is 2.97. The summed E-state index contributed by atoms with van der Waals surface area (Å²) in [5, 5.41) is 15.9. The minimum absolute atomic E-state index is 0.0325. The van der Waals surface area contributed by atoms with Crippen LogP contribution in [-0.2, 0) is 11.2 Å². The molecule has 2 aromatic rings. The molecule has 28 heavy (non-hydrogen) atoms. The second-order valence-corrected chi connectivity index (χ2v) is 7.32. The number of carbonyl (C=O) groups is 1. The number of benzene rings is 2. The Kier molecular flexibility index (Phi) is 6.19. The van der Waals surface area contributed by atoms with E-state index in [1.165, 1.54) is 0 Å². The van der Waals surface area contributed by atoms with Crippen molar-refractivity contribution < 1.29 is 19.0 Å². The third kappa shape index (κ3) is 4.62.